The minimum absolute atomic E-state index is 0.0179. The highest BCUT2D eigenvalue weighted by Gasteiger charge is 2.22. The van der Waals surface area contributed by atoms with E-state index in [0.29, 0.717) is 17.7 Å². The summed E-state index contributed by atoms with van der Waals surface area (Å²) in [4.78, 5) is 35.7. The zero-order valence-corrected chi connectivity index (χ0v) is 14.9. The Balaban J connectivity index is 2.77. The quantitative estimate of drug-likeness (QED) is 0.217. The molecule has 0 aliphatic rings. The van der Waals surface area contributed by atoms with Crippen molar-refractivity contribution in [3.05, 3.63) is 35.4 Å². The number of carbonyl (C=O) groups excluding carboxylic acids is 3. The molecule has 0 fully saturated rings. The van der Waals surface area contributed by atoms with Gasteiger partial charge < -0.3 is 20.5 Å². The van der Waals surface area contributed by atoms with Gasteiger partial charge in [0.15, 0.2) is 0 Å². The number of hydroxylamine groups is 1. The van der Waals surface area contributed by atoms with Crippen molar-refractivity contribution in [3.8, 4) is 11.8 Å². The van der Waals surface area contributed by atoms with Crippen LogP contribution in [0.3, 0.4) is 0 Å². The van der Waals surface area contributed by atoms with Crippen molar-refractivity contribution < 1.29 is 29.4 Å². The molecular weight excluding hydrogens is 354 g/mol. The first-order valence-electron chi connectivity index (χ1n) is 8.22. The monoisotopic (exact) mass is 377 g/mol. The number of benzene rings is 1. The van der Waals surface area contributed by atoms with E-state index in [2.05, 4.69) is 22.5 Å². The number of amides is 3. The Bertz CT molecular complexity index is 693. The minimum Gasteiger partial charge on any atom is -0.395 e. The highest BCUT2D eigenvalue weighted by Crippen LogP contribution is 2.06. The number of hydrogen-bond acceptors (Lipinski definition) is 6. The number of carbonyl (C=O) groups is 3. The number of hydrogen-bond donors (Lipinski definition) is 5. The molecule has 0 aromatic heterocycles. The van der Waals surface area contributed by atoms with Crippen LogP contribution in [-0.2, 0) is 14.3 Å². The Kier molecular flexibility index (Phi) is 10.2. The van der Waals surface area contributed by atoms with Crippen molar-refractivity contribution >= 4 is 17.7 Å². The summed E-state index contributed by atoms with van der Waals surface area (Å²) in [6.07, 6.45) is -0.183. The van der Waals surface area contributed by atoms with Crippen LogP contribution in [0.15, 0.2) is 24.3 Å². The number of aliphatic hydroxyl groups is 1. The summed E-state index contributed by atoms with van der Waals surface area (Å²) in [5, 5.41) is 22.3. The van der Waals surface area contributed by atoms with E-state index in [4.69, 9.17) is 15.1 Å². The van der Waals surface area contributed by atoms with Crippen LogP contribution < -0.4 is 16.1 Å². The van der Waals surface area contributed by atoms with E-state index < -0.39 is 23.8 Å². The molecule has 9 nitrogen and oxygen atoms in total. The highest BCUT2D eigenvalue weighted by atomic mass is 16.5. The maximum Gasteiger partial charge on any atom is 0.251 e. The number of rotatable bonds is 9. The molecule has 1 atom stereocenters. The lowest BCUT2D eigenvalue weighted by molar-refractivity contribution is -0.129. The molecule has 146 valence electrons. The molecule has 5 N–H and O–H groups in total. The third kappa shape index (κ3) is 8.33. The third-order valence-corrected chi connectivity index (χ3v) is 3.41. The fourth-order valence-corrected chi connectivity index (χ4v) is 2.06. The second-order valence-corrected chi connectivity index (χ2v) is 5.43. The second kappa shape index (κ2) is 12.4. The van der Waals surface area contributed by atoms with Crippen molar-refractivity contribution in [3.63, 3.8) is 0 Å². The summed E-state index contributed by atoms with van der Waals surface area (Å²) in [6, 6.07) is 5.46. The van der Waals surface area contributed by atoms with Gasteiger partial charge in [-0.2, -0.15) is 0 Å². The second-order valence-electron chi connectivity index (χ2n) is 5.43. The Morgan fingerprint density at radius 3 is 2.52 bits per heavy atom. The topological polar surface area (TPSA) is 137 Å². The molecule has 0 saturated heterocycles. The van der Waals surface area contributed by atoms with Crippen molar-refractivity contribution in [1.82, 2.24) is 16.1 Å². The smallest absolute Gasteiger partial charge is 0.251 e. The summed E-state index contributed by atoms with van der Waals surface area (Å²) >= 11 is 0. The van der Waals surface area contributed by atoms with Crippen LogP contribution in [0.4, 0.5) is 0 Å². The SMILES string of the molecule is COCC#Cc1ccc(C(=O)NC(CCC(=O)NO)C(=O)NCCO)cc1. The first kappa shape index (κ1) is 22.1. The van der Waals surface area contributed by atoms with Crippen LogP contribution in [0.25, 0.3) is 0 Å². The molecule has 1 aromatic rings. The van der Waals surface area contributed by atoms with Gasteiger partial charge in [-0.3, -0.25) is 19.6 Å². The molecule has 1 unspecified atom stereocenters. The van der Waals surface area contributed by atoms with Gasteiger partial charge in [0.05, 0.1) is 6.61 Å². The molecule has 0 aliphatic carbocycles. The van der Waals surface area contributed by atoms with E-state index in [9.17, 15) is 14.4 Å². The molecule has 0 radical (unpaired) electrons. The zero-order chi connectivity index (χ0) is 20.1. The molecule has 0 aliphatic heterocycles. The average molecular weight is 377 g/mol. The Morgan fingerprint density at radius 1 is 1.22 bits per heavy atom. The molecule has 1 aromatic carbocycles. The van der Waals surface area contributed by atoms with Crippen molar-refractivity contribution in [1.29, 1.82) is 0 Å². The first-order valence-corrected chi connectivity index (χ1v) is 8.22. The molecule has 0 saturated carbocycles. The van der Waals surface area contributed by atoms with E-state index in [-0.39, 0.29) is 26.0 Å². The molecule has 3 amide bonds. The molecule has 9 heteroatoms. The van der Waals surface area contributed by atoms with E-state index >= 15 is 0 Å². The zero-order valence-electron chi connectivity index (χ0n) is 14.9. The predicted molar refractivity (Wildman–Crippen MR) is 95.7 cm³/mol. The number of methoxy groups -OCH3 is 1. The molecular formula is C18H23N3O6. The van der Waals surface area contributed by atoms with Gasteiger partial charge in [0.2, 0.25) is 11.8 Å². The van der Waals surface area contributed by atoms with Crippen LogP contribution in [0.5, 0.6) is 0 Å². The number of aliphatic hydroxyl groups excluding tert-OH is 1. The molecule has 0 spiro atoms. The normalized spacial score (nSPS) is 10.9. The van der Waals surface area contributed by atoms with E-state index in [1.165, 1.54) is 5.48 Å². The Labute approximate surface area is 157 Å². The van der Waals surface area contributed by atoms with Crippen LogP contribution in [0.1, 0.15) is 28.8 Å². The lowest BCUT2D eigenvalue weighted by Crippen LogP contribution is -2.47. The summed E-state index contributed by atoms with van der Waals surface area (Å²) in [6.45, 7) is 0.0651. The molecule has 0 bridgehead atoms. The summed E-state index contributed by atoms with van der Waals surface area (Å²) in [5.41, 5.74) is 2.50. The van der Waals surface area contributed by atoms with Gasteiger partial charge >= 0.3 is 0 Å². The fraction of sp³-hybridized carbons (Fsp3) is 0.389. The summed E-state index contributed by atoms with van der Waals surface area (Å²) < 4.78 is 4.83. The average Bonchev–Trinajstić information content (AvgIpc) is 2.69. The van der Waals surface area contributed by atoms with Crippen molar-refractivity contribution in [2.45, 2.75) is 18.9 Å². The van der Waals surface area contributed by atoms with Crippen molar-refractivity contribution in [2.75, 3.05) is 26.9 Å². The highest BCUT2D eigenvalue weighted by molar-refractivity contribution is 5.97. The Hall–Kier alpha value is -2.93. The summed E-state index contributed by atoms with van der Waals surface area (Å²) in [5.74, 6) is 3.95. The van der Waals surface area contributed by atoms with E-state index in [1.54, 1.807) is 31.4 Å². The van der Waals surface area contributed by atoms with Gasteiger partial charge in [0.25, 0.3) is 5.91 Å². The van der Waals surface area contributed by atoms with Gasteiger partial charge in [0, 0.05) is 31.2 Å². The molecule has 1 rings (SSSR count). The third-order valence-electron chi connectivity index (χ3n) is 3.41. The van der Waals surface area contributed by atoms with Crippen LogP contribution in [0.2, 0.25) is 0 Å². The van der Waals surface area contributed by atoms with E-state index in [1.807, 2.05) is 0 Å². The summed E-state index contributed by atoms with van der Waals surface area (Å²) in [7, 11) is 1.54. The largest absolute Gasteiger partial charge is 0.395 e. The molecule has 0 heterocycles. The van der Waals surface area contributed by atoms with Gasteiger partial charge in [0.1, 0.15) is 12.6 Å². The van der Waals surface area contributed by atoms with Crippen molar-refractivity contribution in [2.24, 2.45) is 0 Å². The standard InChI is InChI=1S/C18H23N3O6/c1-27-12-2-3-13-4-6-14(7-5-13)17(24)20-15(8-9-16(23)21-26)18(25)19-10-11-22/h4-7,15,22,26H,8-12H2,1H3,(H,19,25)(H,20,24)(H,21,23). The van der Waals surface area contributed by atoms with Gasteiger partial charge in [-0.1, -0.05) is 11.8 Å². The number of nitrogens with one attached hydrogen (secondary N) is 3. The predicted octanol–water partition coefficient (Wildman–Crippen LogP) is -0.823. The van der Waals surface area contributed by atoms with Crippen LogP contribution in [-0.4, -0.2) is 60.9 Å². The molecule has 27 heavy (non-hydrogen) atoms. The fourth-order valence-electron chi connectivity index (χ4n) is 2.06. The van der Waals surface area contributed by atoms with E-state index in [0.717, 1.165) is 0 Å². The van der Waals surface area contributed by atoms with Gasteiger partial charge in [-0.05, 0) is 30.7 Å². The Morgan fingerprint density at radius 2 is 1.93 bits per heavy atom. The maximum atomic E-state index is 12.4. The van der Waals surface area contributed by atoms with Crippen LogP contribution in [0, 0.1) is 11.8 Å². The lowest BCUT2D eigenvalue weighted by atomic mass is 10.1. The minimum atomic E-state index is -0.998. The lowest BCUT2D eigenvalue weighted by Gasteiger charge is -2.18. The number of ether oxygens (including phenoxy) is 1. The first-order chi connectivity index (χ1) is 13.0. The van der Waals surface area contributed by atoms with Crippen LogP contribution >= 0.6 is 0 Å². The van der Waals surface area contributed by atoms with Gasteiger partial charge in [-0.25, -0.2) is 5.48 Å². The van der Waals surface area contributed by atoms with Gasteiger partial charge in [-0.15, -0.1) is 0 Å². The maximum absolute atomic E-state index is 12.4.